The molecule has 0 saturated carbocycles. The topological polar surface area (TPSA) is 78.6 Å². The van der Waals surface area contributed by atoms with Crippen molar-refractivity contribution >= 4 is 39.1 Å². The minimum absolute atomic E-state index is 0.0951. The number of hydrazine groups is 3. The Bertz CT molecular complexity index is 790. The van der Waals surface area contributed by atoms with Gasteiger partial charge in [0.2, 0.25) is 0 Å². The number of ether oxygens (including phenoxy) is 2. The van der Waals surface area contributed by atoms with Crippen molar-refractivity contribution in [2.24, 2.45) is 0 Å². The molecule has 5 N–H and O–H groups in total. The lowest BCUT2D eigenvalue weighted by molar-refractivity contribution is 0.267. The van der Waals surface area contributed by atoms with Crippen LogP contribution in [0.3, 0.4) is 0 Å². The average molecular weight is 477 g/mol. The zero-order chi connectivity index (χ0) is 19.2. The van der Waals surface area contributed by atoms with E-state index in [0.29, 0.717) is 41.3 Å². The lowest BCUT2D eigenvalue weighted by Crippen LogP contribution is -2.46. The van der Waals surface area contributed by atoms with Crippen molar-refractivity contribution in [3.8, 4) is 11.5 Å². The third-order valence-corrected chi connectivity index (χ3v) is 4.94. The van der Waals surface area contributed by atoms with Gasteiger partial charge in [-0.1, -0.05) is 29.3 Å². The van der Waals surface area contributed by atoms with Gasteiger partial charge in [-0.2, -0.15) is 11.1 Å². The summed E-state index contributed by atoms with van der Waals surface area (Å²) in [5.41, 5.74) is 13.3. The second-order valence-electron chi connectivity index (χ2n) is 5.71. The molecule has 0 aromatic heterocycles. The first-order valence-corrected chi connectivity index (χ1v) is 9.88. The van der Waals surface area contributed by atoms with E-state index in [1.807, 2.05) is 25.1 Å². The van der Waals surface area contributed by atoms with Crippen molar-refractivity contribution in [1.82, 2.24) is 27.2 Å². The van der Waals surface area contributed by atoms with Crippen LogP contribution < -0.4 is 36.7 Å². The highest BCUT2D eigenvalue weighted by Gasteiger charge is 2.15. The Hall–Kier alpha value is -1.10. The molecule has 7 nitrogen and oxygen atoms in total. The van der Waals surface area contributed by atoms with Crippen LogP contribution in [0.2, 0.25) is 10.0 Å². The SMILES string of the molecule is CCOc1cc(CNC2NNNN2)cc(Br)c1OCc1ccc(Cl)cc1Cl. The van der Waals surface area contributed by atoms with Crippen LogP contribution in [-0.4, -0.2) is 12.9 Å². The third kappa shape index (κ3) is 5.69. The van der Waals surface area contributed by atoms with Gasteiger partial charge in [-0.05, 0) is 52.7 Å². The standard InChI is InChI=1S/C17H20BrCl2N5O2/c1-2-26-15-6-10(8-21-17-22-24-25-23-17)5-13(18)16(15)27-9-11-3-4-12(19)7-14(11)20/h3-7,17,21-25H,2,8-9H2,1H3. The number of hydrogen-bond acceptors (Lipinski definition) is 7. The second-order valence-corrected chi connectivity index (χ2v) is 7.41. The minimum Gasteiger partial charge on any atom is -0.490 e. The summed E-state index contributed by atoms with van der Waals surface area (Å²) in [5, 5.41) is 4.45. The fourth-order valence-corrected chi connectivity index (χ4v) is 3.56. The van der Waals surface area contributed by atoms with Crippen molar-refractivity contribution in [2.75, 3.05) is 6.61 Å². The molecule has 3 rings (SSSR count). The van der Waals surface area contributed by atoms with Crippen LogP contribution in [0.5, 0.6) is 11.5 Å². The summed E-state index contributed by atoms with van der Waals surface area (Å²) in [6, 6.07) is 9.28. The van der Waals surface area contributed by atoms with E-state index in [4.69, 9.17) is 32.7 Å². The lowest BCUT2D eigenvalue weighted by Gasteiger charge is -2.17. The van der Waals surface area contributed by atoms with Crippen LogP contribution in [0.15, 0.2) is 34.8 Å². The molecule has 2 aromatic carbocycles. The molecular formula is C17H20BrCl2N5O2. The van der Waals surface area contributed by atoms with Gasteiger partial charge in [0.05, 0.1) is 11.1 Å². The molecule has 10 heteroatoms. The Kier molecular flexibility index (Phi) is 7.57. The maximum atomic E-state index is 6.23. The first-order chi connectivity index (χ1) is 13.1. The normalized spacial score (nSPS) is 14.5. The van der Waals surface area contributed by atoms with Crippen LogP contribution >= 0.6 is 39.1 Å². The van der Waals surface area contributed by atoms with E-state index in [1.165, 1.54) is 0 Å². The first kappa shape index (κ1) is 20.6. The predicted octanol–water partition coefficient (Wildman–Crippen LogP) is 3.22. The molecule has 1 fully saturated rings. The summed E-state index contributed by atoms with van der Waals surface area (Å²) < 4.78 is 12.6. The van der Waals surface area contributed by atoms with E-state index in [-0.39, 0.29) is 6.29 Å². The fourth-order valence-electron chi connectivity index (χ4n) is 2.49. The van der Waals surface area contributed by atoms with Gasteiger partial charge in [0.15, 0.2) is 11.5 Å². The zero-order valence-corrected chi connectivity index (χ0v) is 17.6. The van der Waals surface area contributed by atoms with Crippen molar-refractivity contribution in [2.45, 2.75) is 26.4 Å². The number of benzene rings is 2. The van der Waals surface area contributed by atoms with Gasteiger partial charge in [0.1, 0.15) is 12.9 Å². The lowest BCUT2D eigenvalue weighted by atomic mass is 10.2. The monoisotopic (exact) mass is 475 g/mol. The largest absolute Gasteiger partial charge is 0.490 e. The molecule has 0 atom stereocenters. The zero-order valence-electron chi connectivity index (χ0n) is 14.5. The van der Waals surface area contributed by atoms with Crippen LogP contribution in [-0.2, 0) is 13.2 Å². The van der Waals surface area contributed by atoms with Crippen molar-refractivity contribution in [1.29, 1.82) is 0 Å². The molecule has 0 amide bonds. The second kappa shape index (κ2) is 9.90. The molecule has 1 heterocycles. The molecule has 1 saturated heterocycles. The van der Waals surface area contributed by atoms with Crippen LogP contribution in [0.25, 0.3) is 0 Å². The molecule has 27 heavy (non-hydrogen) atoms. The Morgan fingerprint density at radius 1 is 1.11 bits per heavy atom. The summed E-state index contributed by atoms with van der Waals surface area (Å²) in [6.45, 7) is 3.39. The van der Waals surface area contributed by atoms with E-state index in [1.54, 1.807) is 12.1 Å². The smallest absolute Gasteiger partial charge is 0.175 e. The van der Waals surface area contributed by atoms with Crippen molar-refractivity contribution in [3.05, 3.63) is 56.0 Å². The van der Waals surface area contributed by atoms with Crippen molar-refractivity contribution < 1.29 is 9.47 Å². The molecule has 0 bridgehead atoms. The van der Waals surface area contributed by atoms with E-state index in [2.05, 4.69) is 43.2 Å². The molecule has 1 aliphatic heterocycles. The summed E-state index contributed by atoms with van der Waals surface area (Å²) in [7, 11) is 0. The first-order valence-electron chi connectivity index (χ1n) is 8.33. The van der Waals surface area contributed by atoms with Gasteiger partial charge >= 0.3 is 0 Å². The molecule has 1 aliphatic rings. The fraction of sp³-hybridized carbons (Fsp3) is 0.294. The Morgan fingerprint density at radius 2 is 1.89 bits per heavy atom. The molecule has 0 unspecified atom stereocenters. The quantitative estimate of drug-likeness (QED) is 0.400. The van der Waals surface area contributed by atoms with Crippen molar-refractivity contribution in [3.63, 3.8) is 0 Å². The number of hydrogen-bond donors (Lipinski definition) is 5. The average Bonchev–Trinajstić information content (AvgIpc) is 3.14. The molecule has 146 valence electrons. The van der Waals surface area contributed by atoms with Gasteiger partial charge in [-0.25, -0.2) is 10.9 Å². The summed E-state index contributed by atoms with van der Waals surface area (Å²) in [4.78, 5) is 0. The highest BCUT2D eigenvalue weighted by molar-refractivity contribution is 9.10. The molecule has 0 spiro atoms. The minimum atomic E-state index is -0.0951. The molecular weight excluding hydrogens is 457 g/mol. The maximum Gasteiger partial charge on any atom is 0.175 e. The van der Waals surface area contributed by atoms with Gasteiger partial charge < -0.3 is 9.47 Å². The Morgan fingerprint density at radius 3 is 2.59 bits per heavy atom. The third-order valence-electron chi connectivity index (χ3n) is 3.76. The van der Waals surface area contributed by atoms with E-state index in [9.17, 15) is 0 Å². The number of halogens is 3. The highest BCUT2D eigenvalue weighted by atomic mass is 79.9. The van der Waals surface area contributed by atoms with Gasteiger partial charge in [0, 0.05) is 22.2 Å². The van der Waals surface area contributed by atoms with Crippen LogP contribution in [0.1, 0.15) is 18.1 Å². The summed E-state index contributed by atoms with van der Waals surface area (Å²) in [6.07, 6.45) is -0.0951. The number of nitrogens with one attached hydrogen (secondary N) is 5. The maximum absolute atomic E-state index is 6.23. The van der Waals surface area contributed by atoms with Gasteiger partial charge in [-0.15, -0.1) is 0 Å². The van der Waals surface area contributed by atoms with E-state index >= 15 is 0 Å². The van der Waals surface area contributed by atoms with E-state index in [0.717, 1.165) is 15.6 Å². The predicted molar refractivity (Wildman–Crippen MR) is 109 cm³/mol. The Balaban J connectivity index is 1.72. The van der Waals surface area contributed by atoms with E-state index < -0.39 is 0 Å². The molecule has 2 aromatic rings. The van der Waals surface area contributed by atoms with Gasteiger partial charge in [-0.3, -0.25) is 5.32 Å². The summed E-state index contributed by atoms with van der Waals surface area (Å²) in [5.74, 6) is 1.30. The summed E-state index contributed by atoms with van der Waals surface area (Å²) >= 11 is 15.8. The highest BCUT2D eigenvalue weighted by Crippen LogP contribution is 2.38. The van der Waals surface area contributed by atoms with Crippen LogP contribution in [0, 0.1) is 0 Å². The Labute approximate surface area is 176 Å². The van der Waals surface area contributed by atoms with Crippen LogP contribution in [0.4, 0.5) is 0 Å². The molecule has 0 aliphatic carbocycles. The van der Waals surface area contributed by atoms with Gasteiger partial charge in [0.25, 0.3) is 0 Å². The number of rotatable bonds is 8. The molecule has 0 radical (unpaired) electrons.